The molecule has 0 spiro atoms. The Hall–Kier alpha value is -3.34. The van der Waals surface area contributed by atoms with Crippen LogP contribution in [0, 0.1) is 6.92 Å². The molecule has 2 amide bonds. The van der Waals surface area contributed by atoms with Crippen LogP contribution in [0.1, 0.15) is 60.5 Å². The second kappa shape index (κ2) is 8.46. The number of fused-ring (bicyclic) bond motifs is 4. The molecule has 1 fully saturated rings. The molecule has 174 valence electrons. The SMILES string of the molecule is Cc1cccc(C2c3[nH]c4ccccc4c3CC3C(=O)N(CCC4=CCCCC4)CC(=O)N32)c1. The average molecular weight is 454 g/mol. The molecule has 2 atom stereocenters. The number of aryl methyl sites for hydroxylation is 1. The fraction of sp³-hybridized carbons (Fsp3) is 0.379. The lowest BCUT2D eigenvalue weighted by molar-refractivity contribution is -0.158. The number of nitrogens with one attached hydrogen (secondary N) is 1. The van der Waals surface area contributed by atoms with Gasteiger partial charge in [0.15, 0.2) is 0 Å². The number of piperazine rings is 1. The standard InChI is InChI=1S/C29H31N3O2/c1-19-8-7-11-21(16-19)28-27-23(22-12-5-6-13-24(22)30-27)17-25-29(34)31(18-26(33)32(25)28)15-14-20-9-3-2-4-10-20/h5-9,11-13,16,25,28,30H,2-4,10,14-15,17-18H2,1H3. The van der Waals surface area contributed by atoms with Gasteiger partial charge in [-0.1, -0.05) is 59.7 Å². The van der Waals surface area contributed by atoms with Crippen molar-refractivity contribution in [3.8, 4) is 0 Å². The molecule has 1 saturated heterocycles. The summed E-state index contributed by atoms with van der Waals surface area (Å²) in [5, 5.41) is 1.15. The topological polar surface area (TPSA) is 56.4 Å². The van der Waals surface area contributed by atoms with E-state index in [4.69, 9.17) is 0 Å². The maximum Gasteiger partial charge on any atom is 0.246 e. The number of carbonyl (C=O) groups excluding carboxylic acids is 2. The fourth-order valence-electron chi connectivity index (χ4n) is 6.11. The Morgan fingerprint density at radius 3 is 2.76 bits per heavy atom. The van der Waals surface area contributed by atoms with Gasteiger partial charge in [0.05, 0.1) is 12.6 Å². The van der Waals surface area contributed by atoms with Crippen molar-refractivity contribution in [2.45, 2.75) is 57.5 Å². The zero-order valence-electron chi connectivity index (χ0n) is 19.7. The first-order chi connectivity index (χ1) is 16.6. The van der Waals surface area contributed by atoms with Crippen LogP contribution in [0.25, 0.3) is 10.9 Å². The molecule has 5 heteroatoms. The molecular weight excluding hydrogens is 422 g/mol. The summed E-state index contributed by atoms with van der Waals surface area (Å²) in [4.78, 5) is 34.7. The molecule has 1 aromatic heterocycles. The third-order valence-corrected chi connectivity index (χ3v) is 7.79. The summed E-state index contributed by atoms with van der Waals surface area (Å²) < 4.78 is 0. The van der Waals surface area contributed by atoms with Crippen molar-refractivity contribution in [1.29, 1.82) is 0 Å². The molecule has 6 rings (SSSR count). The van der Waals surface area contributed by atoms with Gasteiger partial charge in [0.25, 0.3) is 0 Å². The van der Waals surface area contributed by atoms with E-state index in [1.807, 2.05) is 28.0 Å². The molecule has 34 heavy (non-hydrogen) atoms. The Morgan fingerprint density at radius 2 is 1.94 bits per heavy atom. The summed E-state index contributed by atoms with van der Waals surface area (Å²) >= 11 is 0. The number of nitrogens with zero attached hydrogens (tertiary/aromatic N) is 2. The first kappa shape index (κ1) is 21.2. The van der Waals surface area contributed by atoms with Crippen molar-refractivity contribution in [3.63, 3.8) is 0 Å². The van der Waals surface area contributed by atoms with E-state index in [1.54, 1.807) is 0 Å². The number of aromatic nitrogens is 1. The van der Waals surface area contributed by atoms with E-state index in [0.717, 1.165) is 47.0 Å². The van der Waals surface area contributed by atoms with E-state index in [-0.39, 0.29) is 24.4 Å². The van der Waals surface area contributed by atoms with Crippen LogP contribution >= 0.6 is 0 Å². The molecule has 3 heterocycles. The van der Waals surface area contributed by atoms with Gasteiger partial charge in [0.2, 0.25) is 11.8 Å². The van der Waals surface area contributed by atoms with Gasteiger partial charge in [-0.15, -0.1) is 0 Å². The minimum Gasteiger partial charge on any atom is -0.356 e. The van der Waals surface area contributed by atoms with E-state index in [0.29, 0.717) is 13.0 Å². The van der Waals surface area contributed by atoms with E-state index in [9.17, 15) is 9.59 Å². The summed E-state index contributed by atoms with van der Waals surface area (Å²) in [6.45, 7) is 2.87. The second-order valence-corrected chi connectivity index (χ2v) is 10.0. The van der Waals surface area contributed by atoms with Gasteiger partial charge < -0.3 is 14.8 Å². The van der Waals surface area contributed by atoms with Gasteiger partial charge >= 0.3 is 0 Å². The Morgan fingerprint density at radius 1 is 1.06 bits per heavy atom. The molecule has 2 unspecified atom stereocenters. The molecule has 2 aromatic carbocycles. The highest BCUT2D eigenvalue weighted by atomic mass is 16.2. The van der Waals surface area contributed by atoms with Crippen LogP contribution in [-0.2, 0) is 16.0 Å². The van der Waals surface area contributed by atoms with Crippen LogP contribution in [0.4, 0.5) is 0 Å². The van der Waals surface area contributed by atoms with Gasteiger partial charge in [0.1, 0.15) is 6.04 Å². The highest BCUT2D eigenvalue weighted by Crippen LogP contribution is 2.42. The number of hydrogen-bond acceptors (Lipinski definition) is 2. The molecular formula is C29H31N3O2. The Bertz CT molecular complexity index is 1300. The number of rotatable bonds is 4. The summed E-state index contributed by atoms with van der Waals surface area (Å²) in [6, 6.07) is 15.9. The average Bonchev–Trinajstić information content (AvgIpc) is 3.23. The van der Waals surface area contributed by atoms with Crippen molar-refractivity contribution in [2.75, 3.05) is 13.1 Å². The fourth-order valence-corrected chi connectivity index (χ4v) is 6.11. The number of H-pyrrole nitrogens is 1. The maximum absolute atomic E-state index is 13.8. The lowest BCUT2D eigenvalue weighted by Crippen LogP contribution is -2.63. The summed E-state index contributed by atoms with van der Waals surface area (Å²) in [7, 11) is 0. The quantitative estimate of drug-likeness (QED) is 0.562. The Kier molecular flexibility index (Phi) is 5.28. The molecule has 3 aromatic rings. The molecule has 2 aliphatic heterocycles. The van der Waals surface area contributed by atoms with Crippen LogP contribution in [0.3, 0.4) is 0 Å². The predicted octanol–water partition coefficient (Wildman–Crippen LogP) is 5.05. The maximum atomic E-state index is 13.8. The Balaban J connectivity index is 1.39. The molecule has 0 radical (unpaired) electrons. The molecule has 1 N–H and O–H groups in total. The van der Waals surface area contributed by atoms with Crippen molar-refractivity contribution in [3.05, 3.63) is 82.6 Å². The van der Waals surface area contributed by atoms with Gasteiger partial charge in [-0.3, -0.25) is 9.59 Å². The number of carbonyl (C=O) groups is 2. The van der Waals surface area contributed by atoms with E-state index in [1.165, 1.54) is 24.0 Å². The third kappa shape index (κ3) is 3.54. The van der Waals surface area contributed by atoms with E-state index < -0.39 is 6.04 Å². The molecule has 0 saturated carbocycles. The van der Waals surface area contributed by atoms with Crippen molar-refractivity contribution in [2.24, 2.45) is 0 Å². The first-order valence-corrected chi connectivity index (χ1v) is 12.5. The molecule has 5 nitrogen and oxygen atoms in total. The summed E-state index contributed by atoms with van der Waals surface area (Å²) in [6.07, 6.45) is 8.53. The first-order valence-electron chi connectivity index (χ1n) is 12.5. The van der Waals surface area contributed by atoms with Gasteiger partial charge in [-0.2, -0.15) is 0 Å². The number of para-hydroxylation sites is 1. The van der Waals surface area contributed by atoms with Gasteiger partial charge in [-0.25, -0.2) is 0 Å². The minimum absolute atomic E-state index is 0.0398. The summed E-state index contributed by atoms with van der Waals surface area (Å²) in [5.41, 5.74) is 6.92. The number of allylic oxidation sites excluding steroid dienone is 1. The third-order valence-electron chi connectivity index (χ3n) is 7.79. The van der Waals surface area contributed by atoms with Crippen LogP contribution in [-0.4, -0.2) is 45.7 Å². The molecule has 1 aliphatic carbocycles. The number of amides is 2. The lowest BCUT2D eigenvalue weighted by atomic mass is 9.85. The van der Waals surface area contributed by atoms with Crippen LogP contribution < -0.4 is 0 Å². The largest absolute Gasteiger partial charge is 0.356 e. The highest BCUT2D eigenvalue weighted by Gasteiger charge is 2.48. The zero-order valence-corrected chi connectivity index (χ0v) is 19.7. The van der Waals surface area contributed by atoms with Crippen LogP contribution in [0.5, 0.6) is 0 Å². The lowest BCUT2D eigenvalue weighted by Gasteiger charge is -2.47. The summed E-state index contributed by atoms with van der Waals surface area (Å²) in [5.74, 6) is 0.127. The van der Waals surface area contributed by atoms with Gasteiger partial charge in [-0.05, 0) is 56.2 Å². The Labute approximate surface area is 200 Å². The monoisotopic (exact) mass is 453 g/mol. The number of benzene rings is 2. The van der Waals surface area contributed by atoms with E-state index in [2.05, 4.69) is 48.3 Å². The molecule has 3 aliphatic rings. The van der Waals surface area contributed by atoms with Crippen molar-refractivity contribution < 1.29 is 9.59 Å². The normalized spacial score (nSPS) is 22.6. The van der Waals surface area contributed by atoms with Crippen LogP contribution in [0.15, 0.2) is 60.2 Å². The number of aromatic amines is 1. The predicted molar refractivity (Wildman–Crippen MR) is 133 cm³/mol. The van der Waals surface area contributed by atoms with Crippen LogP contribution in [0.2, 0.25) is 0 Å². The number of hydrogen-bond donors (Lipinski definition) is 1. The van der Waals surface area contributed by atoms with Gasteiger partial charge in [0, 0.05) is 29.6 Å². The highest BCUT2D eigenvalue weighted by molar-refractivity contribution is 5.97. The van der Waals surface area contributed by atoms with E-state index >= 15 is 0 Å². The zero-order chi connectivity index (χ0) is 23.2. The molecule has 0 bridgehead atoms. The van der Waals surface area contributed by atoms with Crippen molar-refractivity contribution in [1.82, 2.24) is 14.8 Å². The smallest absolute Gasteiger partial charge is 0.246 e. The van der Waals surface area contributed by atoms with Crippen molar-refractivity contribution >= 4 is 22.7 Å². The minimum atomic E-state index is -0.459. The second-order valence-electron chi connectivity index (χ2n) is 10.0.